The van der Waals surface area contributed by atoms with E-state index in [2.05, 4.69) is 0 Å². The lowest BCUT2D eigenvalue weighted by Crippen LogP contribution is -2.01. The first-order valence-corrected chi connectivity index (χ1v) is 5.49. The highest BCUT2D eigenvalue weighted by molar-refractivity contribution is 7.87. The summed E-state index contributed by atoms with van der Waals surface area (Å²) in [7, 11) is -4.21. The summed E-state index contributed by atoms with van der Waals surface area (Å²) in [5.74, 6) is 0.331. The van der Waals surface area contributed by atoms with E-state index >= 15 is 0 Å². The maximum atomic E-state index is 12.4. The zero-order valence-electron chi connectivity index (χ0n) is 6.16. The van der Waals surface area contributed by atoms with Gasteiger partial charge in [-0.2, -0.15) is 8.42 Å². The molecule has 0 N–H and O–H groups in total. The van der Waals surface area contributed by atoms with Crippen LogP contribution in [0.25, 0.3) is 0 Å². The Kier molecular flexibility index (Phi) is 1.50. The molecule has 2 atom stereocenters. The second-order valence-electron chi connectivity index (χ2n) is 3.55. The fourth-order valence-corrected chi connectivity index (χ4v) is 3.76. The molecule has 0 saturated heterocycles. The molecule has 2 rings (SSSR count). The van der Waals surface area contributed by atoms with Gasteiger partial charge in [0.05, 0.1) is 5.25 Å². The van der Waals surface area contributed by atoms with Crippen molar-refractivity contribution in [2.45, 2.75) is 30.9 Å². The molecule has 0 aliphatic heterocycles. The van der Waals surface area contributed by atoms with E-state index in [0.29, 0.717) is 0 Å². The topological polar surface area (TPSA) is 34.1 Å². The van der Waals surface area contributed by atoms with Crippen LogP contribution in [-0.2, 0) is 10.2 Å². The highest BCUT2D eigenvalue weighted by Crippen LogP contribution is 2.54. The number of hydrogen-bond acceptors (Lipinski definition) is 2. The zero-order chi connectivity index (χ0) is 8.06. The molecule has 2 nitrogen and oxygen atoms in total. The molecule has 0 amide bonds. The van der Waals surface area contributed by atoms with Crippen LogP contribution >= 0.6 is 0 Å². The van der Waals surface area contributed by atoms with E-state index in [9.17, 15) is 12.3 Å². The standard InChI is InChI=1S/C7H11FO2S/c8-11(9,10)7-5-3-1-2-4-6(5)7/h5-7H,1-4H2. The monoisotopic (exact) mass is 178 g/mol. The molecule has 2 unspecified atom stereocenters. The normalized spacial score (nSPS) is 43.2. The van der Waals surface area contributed by atoms with Gasteiger partial charge in [-0.25, -0.2) is 0 Å². The predicted octanol–water partition coefficient (Wildman–Crippen LogP) is 1.47. The van der Waals surface area contributed by atoms with Gasteiger partial charge in [-0.15, -0.1) is 3.89 Å². The average Bonchev–Trinajstić information content (AvgIpc) is 2.58. The molecular weight excluding hydrogens is 167 g/mol. The molecule has 2 aliphatic carbocycles. The Morgan fingerprint density at radius 3 is 1.91 bits per heavy atom. The fraction of sp³-hybridized carbons (Fsp3) is 1.00. The largest absolute Gasteiger partial charge is 0.305 e. The molecule has 0 heterocycles. The van der Waals surface area contributed by atoms with Gasteiger partial charge in [0.15, 0.2) is 0 Å². The molecule has 0 bridgehead atoms. The number of halogens is 1. The van der Waals surface area contributed by atoms with Crippen molar-refractivity contribution in [3.05, 3.63) is 0 Å². The highest BCUT2D eigenvalue weighted by atomic mass is 32.3. The summed E-state index contributed by atoms with van der Waals surface area (Å²) in [5.41, 5.74) is 0. The zero-order valence-corrected chi connectivity index (χ0v) is 6.98. The summed E-state index contributed by atoms with van der Waals surface area (Å²) in [6.45, 7) is 0. The van der Waals surface area contributed by atoms with Crippen LogP contribution in [0, 0.1) is 11.8 Å². The Bertz CT molecular complexity index is 248. The van der Waals surface area contributed by atoms with Crippen molar-refractivity contribution in [3.8, 4) is 0 Å². The van der Waals surface area contributed by atoms with E-state index in [4.69, 9.17) is 0 Å². The van der Waals surface area contributed by atoms with E-state index in [0.717, 1.165) is 25.7 Å². The van der Waals surface area contributed by atoms with Crippen LogP contribution < -0.4 is 0 Å². The van der Waals surface area contributed by atoms with Crippen molar-refractivity contribution in [1.29, 1.82) is 0 Å². The summed E-state index contributed by atoms with van der Waals surface area (Å²) in [5, 5.41) is -0.620. The first kappa shape index (κ1) is 7.53. The molecular formula is C7H11FO2S. The minimum atomic E-state index is -4.21. The van der Waals surface area contributed by atoms with Crippen molar-refractivity contribution in [3.63, 3.8) is 0 Å². The van der Waals surface area contributed by atoms with E-state index in [1.807, 2.05) is 0 Å². The van der Waals surface area contributed by atoms with Gasteiger partial charge >= 0.3 is 10.2 Å². The third-order valence-electron chi connectivity index (χ3n) is 2.90. The van der Waals surface area contributed by atoms with Crippen molar-refractivity contribution in [1.82, 2.24) is 0 Å². The van der Waals surface area contributed by atoms with E-state index in [1.54, 1.807) is 0 Å². The van der Waals surface area contributed by atoms with Gasteiger partial charge in [-0.1, -0.05) is 12.8 Å². The molecule has 0 spiro atoms. The summed E-state index contributed by atoms with van der Waals surface area (Å²) < 4.78 is 33.4. The molecule has 0 radical (unpaired) electrons. The Morgan fingerprint density at radius 1 is 1.09 bits per heavy atom. The number of hydrogen-bond donors (Lipinski definition) is 0. The van der Waals surface area contributed by atoms with Crippen molar-refractivity contribution in [2.75, 3.05) is 0 Å². The molecule has 0 aromatic carbocycles. The van der Waals surface area contributed by atoms with Crippen LogP contribution in [0.1, 0.15) is 25.7 Å². The lowest BCUT2D eigenvalue weighted by molar-refractivity contribution is 0.480. The predicted molar refractivity (Wildman–Crippen MR) is 39.3 cm³/mol. The third-order valence-corrected chi connectivity index (χ3v) is 4.25. The first-order valence-electron chi connectivity index (χ1n) is 4.04. The maximum Gasteiger partial charge on any atom is 0.305 e. The van der Waals surface area contributed by atoms with Crippen LogP contribution in [-0.4, -0.2) is 13.7 Å². The molecule has 11 heavy (non-hydrogen) atoms. The van der Waals surface area contributed by atoms with Gasteiger partial charge in [-0.05, 0) is 24.7 Å². The summed E-state index contributed by atoms with van der Waals surface area (Å²) in [6, 6.07) is 0. The second-order valence-corrected chi connectivity index (χ2v) is 5.05. The van der Waals surface area contributed by atoms with E-state index in [-0.39, 0.29) is 11.8 Å². The summed E-state index contributed by atoms with van der Waals surface area (Å²) in [4.78, 5) is 0. The Morgan fingerprint density at radius 2 is 1.55 bits per heavy atom. The molecule has 0 aromatic rings. The molecule has 64 valence electrons. The van der Waals surface area contributed by atoms with Crippen molar-refractivity contribution >= 4 is 10.2 Å². The minimum Gasteiger partial charge on any atom is -0.195 e. The SMILES string of the molecule is O=S(=O)(F)C1C2CCCCC21. The molecule has 2 saturated carbocycles. The van der Waals surface area contributed by atoms with Gasteiger partial charge in [0.2, 0.25) is 0 Å². The first-order chi connectivity index (χ1) is 5.11. The minimum absolute atomic E-state index is 0.166. The van der Waals surface area contributed by atoms with Gasteiger partial charge in [0.1, 0.15) is 0 Å². The quantitative estimate of drug-likeness (QED) is 0.570. The van der Waals surface area contributed by atoms with Crippen molar-refractivity contribution in [2.24, 2.45) is 11.8 Å². The number of fused-ring (bicyclic) bond motifs is 1. The van der Waals surface area contributed by atoms with Crippen LogP contribution in [0.2, 0.25) is 0 Å². The molecule has 4 heteroatoms. The fourth-order valence-electron chi connectivity index (χ4n) is 2.34. The molecule has 0 aromatic heterocycles. The summed E-state index contributed by atoms with van der Waals surface area (Å²) in [6.07, 6.45) is 3.98. The second kappa shape index (κ2) is 2.19. The molecule has 2 aliphatic rings. The lowest BCUT2D eigenvalue weighted by atomic mass is 10.0. The third kappa shape index (κ3) is 1.17. The van der Waals surface area contributed by atoms with Crippen LogP contribution in [0.3, 0.4) is 0 Å². The van der Waals surface area contributed by atoms with Gasteiger partial charge < -0.3 is 0 Å². The van der Waals surface area contributed by atoms with Crippen LogP contribution in [0.15, 0.2) is 0 Å². The Hall–Kier alpha value is -0.120. The Labute approximate surface area is 66.0 Å². The number of rotatable bonds is 1. The lowest BCUT2D eigenvalue weighted by Gasteiger charge is -2.04. The van der Waals surface area contributed by atoms with Crippen LogP contribution in [0.5, 0.6) is 0 Å². The molecule has 2 fully saturated rings. The smallest absolute Gasteiger partial charge is 0.195 e. The summed E-state index contributed by atoms with van der Waals surface area (Å²) >= 11 is 0. The average molecular weight is 178 g/mol. The van der Waals surface area contributed by atoms with Gasteiger partial charge in [-0.3, -0.25) is 0 Å². The van der Waals surface area contributed by atoms with Crippen LogP contribution in [0.4, 0.5) is 3.89 Å². The Balaban J connectivity index is 2.12. The van der Waals surface area contributed by atoms with E-state index in [1.165, 1.54) is 0 Å². The maximum absolute atomic E-state index is 12.4. The van der Waals surface area contributed by atoms with Crippen molar-refractivity contribution < 1.29 is 12.3 Å². The van der Waals surface area contributed by atoms with E-state index < -0.39 is 15.5 Å². The van der Waals surface area contributed by atoms with Gasteiger partial charge in [0.25, 0.3) is 0 Å². The highest BCUT2D eigenvalue weighted by Gasteiger charge is 2.58. The van der Waals surface area contributed by atoms with Gasteiger partial charge in [0, 0.05) is 0 Å².